The van der Waals surface area contributed by atoms with Gasteiger partial charge >= 0.3 is 0 Å². The lowest BCUT2D eigenvalue weighted by molar-refractivity contribution is 0.0713. The van der Waals surface area contributed by atoms with Crippen molar-refractivity contribution in [2.24, 2.45) is 0 Å². The molecule has 1 unspecified atom stereocenters. The van der Waals surface area contributed by atoms with Crippen LogP contribution in [0.15, 0.2) is 30.9 Å². The molecule has 3 nitrogen and oxygen atoms in total. The number of benzene rings is 1. The van der Waals surface area contributed by atoms with Gasteiger partial charge in [0.05, 0.1) is 0 Å². The molecule has 1 aromatic carbocycles. The maximum absolute atomic E-state index is 10.0. The Kier molecular flexibility index (Phi) is 7.34. The first kappa shape index (κ1) is 16.7. The molecule has 0 saturated carbocycles. The lowest BCUT2D eigenvalue weighted by Gasteiger charge is -2.22. The van der Waals surface area contributed by atoms with Crippen LogP contribution >= 0.6 is 0 Å². The first-order valence-corrected chi connectivity index (χ1v) is 7.34. The van der Waals surface area contributed by atoms with Gasteiger partial charge in [0.2, 0.25) is 0 Å². The van der Waals surface area contributed by atoms with Crippen molar-refractivity contribution < 1.29 is 9.84 Å². The summed E-state index contributed by atoms with van der Waals surface area (Å²) in [5.74, 6) is 0.842. The Morgan fingerprint density at radius 1 is 1.35 bits per heavy atom. The quantitative estimate of drug-likeness (QED) is 0.705. The van der Waals surface area contributed by atoms with Gasteiger partial charge in [0.25, 0.3) is 0 Å². The molecule has 20 heavy (non-hydrogen) atoms. The molecule has 3 heteroatoms. The van der Waals surface area contributed by atoms with E-state index in [1.54, 1.807) is 0 Å². The van der Waals surface area contributed by atoms with Crippen LogP contribution in [-0.4, -0.2) is 42.4 Å². The molecule has 0 saturated heterocycles. The normalized spacial score (nSPS) is 12.4. The molecule has 0 radical (unpaired) electrons. The first-order valence-electron chi connectivity index (χ1n) is 7.34. The summed E-state index contributed by atoms with van der Waals surface area (Å²) in [6.45, 7) is 12.9. The van der Waals surface area contributed by atoms with Crippen molar-refractivity contribution in [2.75, 3.05) is 26.2 Å². The standard InChI is InChI=1S/C17H27NO2/c1-5-8-15-11-14(4)9-10-17(15)20-13-16(19)12-18(6-2)7-3/h5,9-11,16,19H,1,6-8,12-13H2,2-4H3. The third-order valence-electron chi connectivity index (χ3n) is 3.37. The third kappa shape index (κ3) is 5.35. The lowest BCUT2D eigenvalue weighted by atomic mass is 10.1. The van der Waals surface area contributed by atoms with Gasteiger partial charge in [-0.25, -0.2) is 0 Å². The zero-order valence-corrected chi connectivity index (χ0v) is 12.9. The van der Waals surface area contributed by atoms with E-state index >= 15 is 0 Å². The highest BCUT2D eigenvalue weighted by atomic mass is 16.5. The van der Waals surface area contributed by atoms with Crippen molar-refractivity contribution in [1.82, 2.24) is 4.90 Å². The summed E-state index contributed by atoms with van der Waals surface area (Å²) in [4.78, 5) is 2.19. The van der Waals surface area contributed by atoms with Gasteiger partial charge in [-0.3, -0.25) is 0 Å². The summed E-state index contributed by atoms with van der Waals surface area (Å²) >= 11 is 0. The Morgan fingerprint density at radius 3 is 2.65 bits per heavy atom. The van der Waals surface area contributed by atoms with Gasteiger partial charge in [0.1, 0.15) is 18.5 Å². The van der Waals surface area contributed by atoms with Crippen LogP contribution in [0.25, 0.3) is 0 Å². The zero-order chi connectivity index (χ0) is 15.0. The number of hydrogen-bond donors (Lipinski definition) is 1. The van der Waals surface area contributed by atoms with Crippen LogP contribution in [0, 0.1) is 6.92 Å². The molecule has 0 aliphatic heterocycles. The highest BCUT2D eigenvalue weighted by molar-refractivity contribution is 5.38. The van der Waals surface area contributed by atoms with Crippen molar-refractivity contribution in [2.45, 2.75) is 33.3 Å². The highest BCUT2D eigenvalue weighted by Gasteiger charge is 2.11. The average Bonchev–Trinajstić information content (AvgIpc) is 2.44. The van der Waals surface area contributed by atoms with Crippen LogP contribution in [0.5, 0.6) is 5.75 Å². The molecule has 0 spiro atoms. The molecule has 1 N–H and O–H groups in total. The van der Waals surface area contributed by atoms with Crippen molar-refractivity contribution in [1.29, 1.82) is 0 Å². The van der Waals surface area contributed by atoms with Crippen molar-refractivity contribution in [3.8, 4) is 5.75 Å². The van der Waals surface area contributed by atoms with Gasteiger partial charge in [-0.1, -0.05) is 37.6 Å². The molecule has 112 valence electrons. The largest absolute Gasteiger partial charge is 0.491 e. The fourth-order valence-electron chi connectivity index (χ4n) is 2.18. The lowest BCUT2D eigenvalue weighted by Crippen LogP contribution is -2.35. The number of ether oxygens (including phenoxy) is 1. The molecular formula is C17H27NO2. The van der Waals surface area contributed by atoms with E-state index in [2.05, 4.69) is 38.3 Å². The predicted molar refractivity (Wildman–Crippen MR) is 84.4 cm³/mol. The highest BCUT2D eigenvalue weighted by Crippen LogP contribution is 2.21. The molecule has 0 amide bonds. The van der Waals surface area contributed by atoms with Gasteiger partial charge < -0.3 is 14.7 Å². The van der Waals surface area contributed by atoms with E-state index in [4.69, 9.17) is 4.74 Å². The van der Waals surface area contributed by atoms with E-state index in [9.17, 15) is 5.11 Å². The van der Waals surface area contributed by atoms with Crippen LogP contribution in [0.3, 0.4) is 0 Å². The van der Waals surface area contributed by atoms with Crippen molar-refractivity contribution in [3.05, 3.63) is 42.0 Å². The minimum absolute atomic E-state index is 0.323. The Hall–Kier alpha value is -1.32. The number of aliphatic hydroxyl groups is 1. The molecule has 0 heterocycles. The van der Waals surface area contributed by atoms with E-state index in [1.165, 1.54) is 5.56 Å². The minimum atomic E-state index is -0.465. The van der Waals surface area contributed by atoms with E-state index in [1.807, 2.05) is 18.2 Å². The number of allylic oxidation sites excluding steroid dienone is 1. The molecule has 0 fully saturated rings. The van der Waals surface area contributed by atoms with E-state index in [0.29, 0.717) is 13.2 Å². The van der Waals surface area contributed by atoms with Crippen LogP contribution in [0.4, 0.5) is 0 Å². The molecule has 0 aliphatic rings. The zero-order valence-electron chi connectivity index (χ0n) is 12.9. The molecule has 0 aliphatic carbocycles. The summed E-state index contributed by atoms with van der Waals surface area (Å²) in [6.07, 6.45) is 2.18. The van der Waals surface area contributed by atoms with Gasteiger partial charge in [-0.2, -0.15) is 0 Å². The maximum Gasteiger partial charge on any atom is 0.122 e. The Morgan fingerprint density at radius 2 is 2.05 bits per heavy atom. The molecule has 0 aromatic heterocycles. The van der Waals surface area contributed by atoms with Gasteiger partial charge in [-0.15, -0.1) is 6.58 Å². The molecular weight excluding hydrogens is 250 g/mol. The monoisotopic (exact) mass is 277 g/mol. The SMILES string of the molecule is C=CCc1cc(C)ccc1OCC(O)CN(CC)CC. The van der Waals surface area contributed by atoms with Gasteiger partial charge in [0.15, 0.2) is 0 Å². The second kappa shape index (κ2) is 8.77. The van der Waals surface area contributed by atoms with Crippen LogP contribution in [-0.2, 0) is 6.42 Å². The molecule has 1 rings (SSSR count). The summed E-state index contributed by atoms with van der Waals surface area (Å²) in [5.41, 5.74) is 2.33. The Bertz CT molecular complexity index is 413. The topological polar surface area (TPSA) is 32.7 Å². The maximum atomic E-state index is 10.0. The number of rotatable bonds is 9. The number of nitrogens with zero attached hydrogens (tertiary/aromatic N) is 1. The summed E-state index contributed by atoms with van der Waals surface area (Å²) < 4.78 is 5.77. The fourth-order valence-corrected chi connectivity index (χ4v) is 2.18. The summed E-state index contributed by atoms with van der Waals surface area (Å²) in [5, 5.41) is 10.0. The van der Waals surface area contributed by atoms with E-state index < -0.39 is 6.10 Å². The first-order chi connectivity index (χ1) is 9.60. The number of aliphatic hydroxyl groups excluding tert-OH is 1. The average molecular weight is 277 g/mol. The third-order valence-corrected chi connectivity index (χ3v) is 3.37. The van der Waals surface area contributed by atoms with Crippen LogP contribution < -0.4 is 4.74 Å². The summed E-state index contributed by atoms with van der Waals surface area (Å²) in [7, 11) is 0. The van der Waals surface area contributed by atoms with Crippen molar-refractivity contribution in [3.63, 3.8) is 0 Å². The van der Waals surface area contributed by atoms with Crippen LogP contribution in [0.1, 0.15) is 25.0 Å². The number of hydrogen-bond acceptors (Lipinski definition) is 3. The summed E-state index contributed by atoms with van der Waals surface area (Å²) in [6, 6.07) is 6.10. The second-order valence-corrected chi connectivity index (χ2v) is 5.05. The number of aryl methyl sites for hydroxylation is 1. The minimum Gasteiger partial charge on any atom is -0.491 e. The fraction of sp³-hybridized carbons (Fsp3) is 0.529. The van der Waals surface area contributed by atoms with Gasteiger partial charge in [-0.05, 0) is 38.1 Å². The number of likely N-dealkylation sites (N-methyl/N-ethyl adjacent to an activating group) is 1. The Labute approximate surface area is 122 Å². The molecule has 1 atom stereocenters. The van der Waals surface area contributed by atoms with Gasteiger partial charge in [0, 0.05) is 6.54 Å². The van der Waals surface area contributed by atoms with E-state index in [0.717, 1.165) is 30.8 Å². The Balaban J connectivity index is 2.58. The molecule has 1 aromatic rings. The second-order valence-electron chi connectivity index (χ2n) is 5.05. The predicted octanol–water partition coefficient (Wildman–Crippen LogP) is 2.81. The smallest absolute Gasteiger partial charge is 0.122 e. The molecule has 0 bridgehead atoms. The van der Waals surface area contributed by atoms with Crippen molar-refractivity contribution >= 4 is 0 Å². The van der Waals surface area contributed by atoms with E-state index in [-0.39, 0.29) is 0 Å². The van der Waals surface area contributed by atoms with Crippen LogP contribution in [0.2, 0.25) is 0 Å².